The Labute approximate surface area is 167 Å². The van der Waals surface area contributed by atoms with Gasteiger partial charge < -0.3 is 0 Å². The van der Waals surface area contributed by atoms with E-state index in [0.717, 1.165) is 6.42 Å². The van der Waals surface area contributed by atoms with Gasteiger partial charge in [-0.25, -0.2) is 0 Å². The Bertz CT molecular complexity index is 870. The van der Waals surface area contributed by atoms with Crippen LogP contribution in [0, 0.1) is 6.07 Å². The molecule has 0 bridgehead atoms. The van der Waals surface area contributed by atoms with Gasteiger partial charge in [0.1, 0.15) is 0 Å². The van der Waals surface area contributed by atoms with Crippen LogP contribution >= 0.6 is 17.0 Å². The third-order valence-corrected chi connectivity index (χ3v) is 4.16. The molecule has 0 N–H and O–H groups in total. The molecule has 0 nitrogen and oxygen atoms in total. The molecule has 0 atom stereocenters. The summed E-state index contributed by atoms with van der Waals surface area (Å²) in [7, 11) is 9.87. The molecule has 4 aromatic carbocycles. The van der Waals surface area contributed by atoms with Crippen molar-refractivity contribution >= 4 is 27.8 Å². The van der Waals surface area contributed by atoms with Gasteiger partial charge >= 0.3 is 37.9 Å². The molecular weight excluding hydrogens is 426 g/mol. The summed E-state index contributed by atoms with van der Waals surface area (Å²) in [4.78, 5) is 0. The zero-order chi connectivity index (χ0) is 17.5. The Hall–Kier alpha value is -1.27. The predicted molar refractivity (Wildman–Crippen MR) is 105 cm³/mol. The Balaban J connectivity index is 0.000000133. The van der Waals surface area contributed by atoms with Crippen LogP contribution in [-0.2, 0) is 27.3 Å². The minimum Gasteiger partial charge on any atom is -0.179 e. The van der Waals surface area contributed by atoms with E-state index in [9.17, 15) is 0 Å². The van der Waals surface area contributed by atoms with Crippen LogP contribution in [0.1, 0.15) is 11.1 Å². The van der Waals surface area contributed by atoms with Crippen molar-refractivity contribution in [2.45, 2.75) is 6.42 Å². The van der Waals surface area contributed by atoms with E-state index in [1.807, 2.05) is 6.07 Å². The van der Waals surface area contributed by atoms with Crippen molar-refractivity contribution in [1.29, 1.82) is 0 Å². The fourth-order valence-electron chi connectivity index (χ4n) is 3.07. The minimum absolute atomic E-state index is 0.826. The van der Waals surface area contributed by atoms with Crippen LogP contribution in [0.25, 0.3) is 21.9 Å². The summed E-state index contributed by atoms with van der Waals surface area (Å²) in [6, 6.07) is 32.8. The molecule has 0 spiro atoms. The van der Waals surface area contributed by atoms with Crippen LogP contribution in [0.3, 0.4) is 0 Å². The molecular formula is C22H16Cl2Zr. The molecule has 1 aliphatic rings. The van der Waals surface area contributed by atoms with Gasteiger partial charge in [-0.15, -0.1) is 35.2 Å². The van der Waals surface area contributed by atoms with Crippen molar-refractivity contribution in [3.05, 3.63) is 102 Å². The van der Waals surface area contributed by atoms with E-state index in [4.69, 9.17) is 17.0 Å². The molecule has 122 valence electrons. The average molecular weight is 443 g/mol. The minimum atomic E-state index is -0.826. The van der Waals surface area contributed by atoms with E-state index >= 15 is 0 Å². The summed E-state index contributed by atoms with van der Waals surface area (Å²) in [6.45, 7) is 0. The Morgan fingerprint density at radius 2 is 1.56 bits per heavy atom. The third-order valence-electron chi connectivity index (χ3n) is 4.16. The van der Waals surface area contributed by atoms with Crippen molar-refractivity contribution in [1.82, 2.24) is 0 Å². The number of fused-ring (bicyclic) bond motifs is 4. The molecule has 0 aromatic heterocycles. The average Bonchev–Trinajstić information content (AvgIpc) is 3.27. The van der Waals surface area contributed by atoms with Crippen LogP contribution in [0.2, 0.25) is 0 Å². The van der Waals surface area contributed by atoms with Crippen molar-refractivity contribution in [2.75, 3.05) is 0 Å². The van der Waals surface area contributed by atoms with Gasteiger partial charge in [0.15, 0.2) is 0 Å². The SMILES string of the molecule is [Cl][Zr+2][Cl].[c-]1cccc2c1Cc1ccccc1-2.c1ccc2[cH-]ccc2c1. The normalized spacial score (nSPS) is 10.5. The maximum atomic E-state index is 4.93. The van der Waals surface area contributed by atoms with Crippen LogP contribution in [-0.4, -0.2) is 0 Å². The molecule has 0 heterocycles. The van der Waals surface area contributed by atoms with Crippen LogP contribution in [0.5, 0.6) is 0 Å². The first kappa shape index (κ1) is 18.5. The predicted octanol–water partition coefficient (Wildman–Crippen LogP) is 6.99. The van der Waals surface area contributed by atoms with Crippen LogP contribution < -0.4 is 0 Å². The standard InChI is InChI=1S/C13H9.C9H7.2ClH.Zr/c1-3-7-12-10(5-1)9-11-6-2-4-8-13(11)12;1-2-5-9-7-3-6-8(9)4-1;;;/h1-5,7-8H,9H2;1-7H;2*1H;/q2*-1;;;+4/p-2. The van der Waals surface area contributed by atoms with E-state index in [1.54, 1.807) is 0 Å². The van der Waals surface area contributed by atoms with Gasteiger partial charge in [-0.1, -0.05) is 41.5 Å². The quantitative estimate of drug-likeness (QED) is 0.227. The van der Waals surface area contributed by atoms with Crippen LogP contribution in [0.15, 0.2) is 84.9 Å². The van der Waals surface area contributed by atoms with Gasteiger partial charge in [-0.2, -0.15) is 47.3 Å². The second-order valence-corrected chi connectivity index (χ2v) is 9.35. The second-order valence-electron chi connectivity index (χ2n) is 5.62. The summed E-state index contributed by atoms with van der Waals surface area (Å²) in [5.41, 5.74) is 5.51. The van der Waals surface area contributed by atoms with Gasteiger partial charge in [-0.05, 0) is 6.42 Å². The fourth-order valence-corrected chi connectivity index (χ4v) is 3.07. The molecule has 5 rings (SSSR count). The molecule has 3 heteroatoms. The number of halogens is 2. The Morgan fingerprint density at radius 1 is 0.840 bits per heavy atom. The van der Waals surface area contributed by atoms with Crippen LogP contribution in [0.4, 0.5) is 0 Å². The van der Waals surface area contributed by atoms with Crippen molar-refractivity contribution in [2.24, 2.45) is 0 Å². The largest absolute Gasteiger partial charge is 0.179 e. The summed E-state index contributed by atoms with van der Waals surface area (Å²) >= 11 is -0.826. The number of rotatable bonds is 0. The smallest absolute Gasteiger partial charge is 0.0253 e. The maximum Gasteiger partial charge on any atom is -0.0253 e. The maximum absolute atomic E-state index is 4.93. The van der Waals surface area contributed by atoms with Gasteiger partial charge in [0, 0.05) is 0 Å². The summed E-state index contributed by atoms with van der Waals surface area (Å²) in [6.07, 6.45) is 1.05. The molecule has 0 unspecified atom stereocenters. The molecule has 4 aromatic rings. The monoisotopic (exact) mass is 440 g/mol. The van der Waals surface area contributed by atoms with E-state index in [2.05, 4.69) is 84.9 Å². The Morgan fingerprint density at radius 3 is 2.40 bits per heavy atom. The molecule has 0 saturated heterocycles. The van der Waals surface area contributed by atoms with Crippen molar-refractivity contribution in [3.63, 3.8) is 0 Å². The first-order valence-electron chi connectivity index (χ1n) is 7.98. The van der Waals surface area contributed by atoms with E-state index in [1.165, 1.54) is 33.0 Å². The molecule has 0 fully saturated rings. The first-order valence-corrected chi connectivity index (χ1v) is 14.3. The van der Waals surface area contributed by atoms with Gasteiger partial charge in [0.2, 0.25) is 0 Å². The van der Waals surface area contributed by atoms with Gasteiger partial charge in [-0.3, -0.25) is 0 Å². The topological polar surface area (TPSA) is 0 Å². The van der Waals surface area contributed by atoms with Gasteiger partial charge in [0.25, 0.3) is 0 Å². The van der Waals surface area contributed by atoms with Gasteiger partial charge in [0.05, 0.1) is 0 Å². The number of benzene rings is 3. The fraction of sp³-hybridized carbons (Fsp3) is 0.0455. The summed E-state index contributed by atoms with van der Waals surface area (Å²) in [5, 5.41) is 2.66. The van der Waals surface area contributed by atoms with E-state index < -0.39 is 20.8 Å². The summed E-state index contributed by atoms with van der Waals surface area (Å²) < 4.78 is 0. The molecule has 0 radical (unpaired) electrons. The molecule has 25 heavy (non-hydrogen) atoms. The molecule has 0 saturated carbocycles. The van der Waals surface area contributed by atoms with Crippen molar-refractivity contribution < 1.29 is 20.8 Å². The molecule has 1 aliphatic carbocycles. The number of hydrogen-bond donors (Lipinski definition) is 0. The molecule has 0 aliphatic heterocycles. The zero-order valence-electron chi connectivity index (χ0n) is 13.5. The third kappa shape index (κ3) is 4.67. The molecule has 0 amide bonds. The second kappa shape index (κ2) is 9.44. The zero-order valence-corrected chi connectivity index (χ0v) is 17.5. The van der Waals surface area contributed by atoms with E-state index in [-0.39, 0.29) is 0 Å². The Kier molecular flexibility index (Phi) is 6.99. The van der Waals surface area contributed by atoms with Crippen molar-refractivity contribution in [3.8, 4) is 11.1 Å². The summed E-state index contributed by atoms with van der Waals surface area (Å²) in [5.74, 6) is 0. The first-order chi connectivity index (χ1) is 12.3. The van der Waals surface area contributed by atoms with E-state index in [0.29, 0.717) is 0 Å². The number of hydrogen-bond acceptors (Lipinski definition) is 0.